The summed E-state index contributed by atoms with van der Waals surface area (Å²) < 4.78 is 6.59. The monoisotopic (exact) mass is 651 g/mol. The molecule has 0 amide bonds. The summed E-state index contributed by atoms with van der Waals surface area (Å²) in [6, 6.07) is 14.7. The maximum atomic E-state index is 11.1. The molecule has 0 bridgehead atoms. The highest BCUT2D eigenvalue weighted by Gasteiger charge is 2.33. The fourth-order valence-corrected chi connectivity index (χ4v) is 6.46. The van der Waals surface area contributed by atoms with E-state index in [4.69, 9.17) is 9.41 Å². The predicted molar refractivity (Wildman–Crippen MR) is 208 cm³/mol. The Bertz CT molecular complexity index is 2030. The van der Waals surface area contributed by atoms with E-state index in [1.165, 1.54) is 22.3 Å². The summed E-state index contributed by atoms with van der Waals surface area (Å²) in [4.78, 5) is 5.24. The van der Waals surface area contributed by atoms with E-state index in [1.807, 2.05) is 57.4 Å². The van der Waals surface area contributed by atoms with Crippen LogP contribution in [0.15, 0.2) is 125 Å². The van der Waals surface area contributed by atoms with Gasteiger partial charge in [-0.3, -0.25) is 4.99 Å². The molecule has 252 valence electrons. The number of fused-ring (bicyclic) bond motifs is 3. The Hall–Kier alpha value is -5.09. The summed E-state index contributed by atoms with van der Waals surface area (Å²) in [5.74, 6) is 0.934. The van der Waals surface area contributed by atoms with E-state index in [1.54, 1.807) is 13.0 Å². The van der Waals surface area contributed by atoms with Gasteiger partial charge in [0.05, 0.1) is 5.22 Å². The molecule has 0 aliphatic heterocycles. The van der Waals surface area contributed by atoms with Gasteiger partial charge in [0, 0.05) is 17.4 Å². The lowest BCUT2D eigenvalue weighted by molar-refractivity contribution is 0.439. The van der Waals surface area contributed by atoms with Crippen LogP contribution in [0.5, 0.6) is 0 Å². The van der Waals surface area contributed by atoms with Crippen molar-refractivity contribution in [1.29, 1.82) is 0 Å². The Morgan fingerprint density at radius 1 is 0.959 bits per heavy atom. The van der Waals surface area contributed by atoms with Crippen LogP contribution in [-0.4, -0.2) is 16.4 Å². The molecule has 0 spiro atoms. The third-order valence-electron chi connectivity index (χ3n) is 9.30. The summed E-state index contributed by atoms with van der Waals surface area (Å²) in [5.41, 5.74) is 9.56. The lowest BCUT2D eigenvalue weighted by Crippen LogP contribution is -2.29. The van der Waals surface area contributed by atoms with E-state index in [-0.39, 0.29) is 29.1 Å². The summed E-state index contributed by atoms with van der Waals surface area (Å²) >= 11 is 0. The largest absolute Gasteiger partial charge is 0.512 e. The van der Waals surface area contributed by atoms with Crippen molar-refractivity contribution in [2.45, 2.75) is 66.3 Å². The zero-order valence-electron chi connectivity index (χ0n) is 29.5. The Balaban J connectivity index is 1.72. The molecule has 1 saturated carbocycles. The van der Waals surface area contributed by atoms with Gasteiger partial charge in [0.25, 0.3) is 0 Å². The van der Waals surface area contributed by atoms with Gasteiger partial charge in [-0.1, -0.05) is 111 Å². The molecule has 49 heavy (non-hydrogen) atoms. The second-order valence-corrected chi connectivity index (χ2v) is 13.1. The van der Waals surface area contributed by atoms with Gasteiger partial charge < -0.3 is 14.6 Å². The Morgan fingerprint density at radius 3 is 2.35 bits per heavy atom. The van der Waals surface area contributed by atoms with Gasteiger partial charge in [-0.15, -0.1) is 0 Å². The standard InChI is InChI=1S/C45H49NO3/c1-8-11-12-13-14-18-32(9-2)19-17-26-46-42(35-24-25-39-36(28-35)27-34-20-15-16-21-38(34)39)40(30(6)33-22-23-33)45-41(31(7)47)37(10-3)44(49-45)43(48)29(4)5/h8,10-21,24-26,28,32-33,42,47-48H,3,6,9,22-23,27H2,1-2,4-5,7H3/b11-8-,13-12-,18-14+,19-17-,41-31+,45-40-,46-26+. The first-order valence-corrected chi connectivity index (χ1v) is 17.3. The van der Waals surface area contributed by atoms with Crippen molar-refractivity contribution < 1.29 is 14.6 Å². The van der Waals surface area contributed by atoms with Crippen molar-refractivity contribution in [1.82, 2.24) is 0 Å². The Labute approximate surface area is 291 Å². The maximum absolute atomic E-state index is 11.1. The third-order valence-corrected chi connectivity index (χ3v) is 9.30. The van der Waals surface area contributed by atoms with E-state index in [9.17, 15) is 10.2 Å². The van der Waals surface area contributed by atoms with Gasteiger partial charge in [0.1, 0.15) is 17.2 Å². The van der Waals surface area contributed by atoms with Crippen molar-refractivity contribution in [3.63, 3.8) is 0 Å². The fraction of sp³-hybridized carbons (Fsp3) is 0.267. The normalized spacial score (nSPS) is 16.8. The molecule has 1 heterocycles. The summed E-state index contributed by atoms with van der Waals surface area (Å²) in [7, 11) is 0. The van der Waals surface area contributed by atoms with Gasteiger partial charge in [-0.05, 0) is 110 Å². The number of aliphatic hydroxyl groups excluding tert-OH is 2. The molecule has 4 nitrogen and oxygen atoms in total. The van der Waals surface area contributed by atoms with Crippen LogP contribution in [0.1, 0.15) is 87.9 Å². The first-order chi connectivity index (χ1) is 23.7. The zero-order chi connectivity index (χ0) is 35.1. The molecule has 0 saturated heterocycles. The van der Waals surface area contributed by atoms with Crippen molar-refractivity contribution >= 4 is 29.4 Å². The highest BCUT2D eigenvalue weighted by atomic mass is 16.4. The van der Waals surface area contributed by atoms with Crippen LogP contribution < -0.4 is 10.6 Å². The molecule has 2 unspecified atom stereocenters. The third kappa shape index (κ3) is 7.81. The van der Waals surface area contributed by atoms with Crippen molar-refractivity contribution in [3.8, 4) is 11.1 Å². The molecule has 1 aromatic heterocycles. The van der Waals surface area contributed by atoms with Gasteiger partial charge in [-0.2, -0.15) is 0 Å². The number of hydrogen-bond donors (Lipinski definition) is 2. The number of benzene rings is 2. The molecular weight excluding hydrogens is 602 g/mol. The minimum Gasteiger partial charge on any atom is -0.512 e. The van der Waals surface area contributed by atoms with E-state index >= 15 is 0 Å². The van der Waals surface area contributed by atoms with Crippen LogP contribution >= 0.6 is 0 Å². The van der Waals surface area contributed by atoms with Crippen LogP contribution in [0.2, 0.25) is 0 Å². The van der Waals surface area contributed by atoms with Gasteiger partial charge >= 0.3 is 0 Å². The molecule has 2 aliphatic rings. The SMILES string of the molecule is C=Cc1c(C(O)=C(C)C)oc(=C(/C(=C)C2CC2)C(/N=C/C=C\C(/C=C/C=C\C=C/C)CC)c2ccc3c(c2)Cc2ccccc2-3)/c1=C(\C)O. The lowest BCUT2D eigenvalue weighted by atomic mass is 9.89. The van der Waals surface area contributed by atoms with Gasteiger partial charge in [0.2, 0.25) is 0 Å². The number of allylic oxidation sites excluding steroid dienone is 9. The Morgan fingerprint density at radius 2 is 1.67 bits per heavy atom. The van der Waals surface area contributed by atoms with Crippen LogP contribution in [0.4, 0.5) is 0 Å². The van der Waals surface area contributed by atoms with Crippen LogP contribution in [0.3, 0.4) is 0 Å². The predicted octanol–water partition coefficient (Wildman–Crippen LogP) is 10.7. The highest BCUT2D eigenvalue weighted by Crippen LogP contribution is 2.45. The number of furan rings is 1. The molecule has 0 radical (unpaired) electrons. The lowest BCUT2D eigenvalue weighted by Gasteiger charge is -2.20. The van der Waals surface area contributed by atoms with E-state index in [0.717, 1.165) is 42.4 Å². The molecule has 3 aromatic rings. The molecule has 2 aromatic carbocycles. The summed E-state index contributed by atoms with van der Waals surface area (Å²) in [6.07, 6.45) is 23.9. The summed E-state index contributed by atoms with van der Waals surface area (Å²) in [5, 5.41) is 22.8. The van der Waals surface area contributed by atoms with E-state index in [2.05, 4.69) is 80.8 Å². The summed E-state index contributed by atoms with van der Waals surface area (Å²) in [6.45, 7) is 18.1. The topological polar surface area (TPSA) is 66.0 Å². The van der Waals surface area contributed by atoms with E-state index < -0.39 is 6.04 Å². The fourth-order valence-electron chi connectivity index (χ4n) is 6.46. The molecule has 4 heteroatoms. The average Bonchev–Trinajstić information content (AvgIpc) is 3.78. The highest BCUT2D eigenvalue weighted by molar-refractivity contribution is 5.80. The van der Waals surface area contributed by atoms with E-state index in [0.29, 0.717) is 21.8 Å². The Kier molecular flexibility index (Phi) is 11.4. The smallest absolute Gasteiger partial charge is 0.177 e. The molecular formula is C45H49NO3. The molecule has 2 aliphatic carbocycles. The minimum absolute atomic E-state index is 0.0255. The quantitative estimate of drug-likeness (QED) is 0.0859. The number of hydrogen-bond acceptors (Lipinski definition) is 4. The van der Waals surface area contributed by atoms with Crippen molar-refractivity contribution in [3.05, 3.63) is 154 Å². The zero-order valence-corrected chi connectivity index (χ0v) is 29.5. The molecule has 1 fully saturated rings. The number of aliphatic imine (C=N–C) groups is 1. The maximum Gasteiger partial charge on any atom is 0.177 e. The van der Waals surface area contributed by atoms with Crippen LogP contribution in [0, 0.1) is 11.8 Å². The molecule has 2 N–H and O–H groups in total. The van der Waals surface area contributed by atoms with Crippen LogP contribution in [-0.2, 0) is 6.42 Å². The second-order valence-electron chi connectivity index (χ2n) is 13.1. The van der Waals surface area contributed by atoms with Crippen molar-refractivity contribution in [2.24, 2.45) is 16.8 Å². The first-order valence-electron chi connectivity index (χ1n) is 17.3. The van der Waals surface area contributed by atoms with Gasteiger partial charge in [-0.25, -0.2) is 0 Å². The van der Waals surface area contributed by atoms with Gasteiger partial charge in [0.15, 0.2) is 11.5 Å². The molecule has 2 atom stereocenters. The minimum atomic E-state index is -0.477. The number of rotatable bonds is 13. The number of nitrogens with zero attached hydrogens (tertiary/aromatic N) is 1. The number of aliphatic hydroxyl groups is 2. The van der Waals surface area contributed by atoms with Crippen LogP contribution in [0.25, 0.3) is 34.3 Å². The molecule has 5 rings (SSSR count). The first kappa shape index (κ1) is 35.2. The second kappa shape index (κ2) is 15.9. The van der Waals surface area contributed by atoms with Crippen molar-refractivity contribution in [2.75, 3.05) is 0 Å². The average molecular weight is 652 g/mol.